The minimum atomic E-state index is 0.0266. The number of para-hydroxylation sites is 1. The van der Waals surface area contributed by atoms with Gasteiger partial charge in [-0.2, -0.15) is 0 Å². The molecule has 2 aromatic carbocycles. The summed E-state index contributed by atoms with van der Waals surface area (Å²) < 4.78 is 7.58. The van der Waals surface area contributed by atoms with Crippen LogP contribution >= 0.6 is 11.8 Å². The van der Waals surface area contributed by atoms with Gasteiger partial charge >= 0.3 is 0 Å². The summed E-state index contributed by atoms with van der Waals surface area (Å²) in [4.78, 5) is 17.9. The zero-order valence-corrected chi connectivity index (χ0v) is 16.6. The zero-order chi connectivity index (χ0) is 18.8. The van der Waals surface area contributed by atoms with Crippen molar-refractivity contribution in [2.75, 3.05) is 6.61 Å². The predicted octanol–water partition coefficient (Wildman–Crippen LogP) is 4.48. The van der Waals surface area contributed by atoms with E-state index in [-0.39, 0.29) is 11.7 Å². The molecule has 0 unspecified atom stereocenters. The first-order valence-corrected chi connectivity index (χ1v) is 10.4. The van der Waals surface area contributed by atoms with Crippen LogP contribution in [-0.2, 0) is 17.0 Å². The molecular formula is C22H24N2O2S. The number of benzene rings is 2. The van der Waals surface area contributed by atoms with Crippen molar-refractivity contribution in [2.24, 2.45) is 0 Å². The molecule has 2 heterocycles. The lowest BCUT2D eigenvalue weighted by molar-refractivity contribution is 0.0937. The van der Waals surface area contributed by atoms with Crippen LogP contribution in [0.5, 0.6) is 0 Å². The summed E-state index contributed by atoms with van der Waals surface area (Å²) >= 11 is 1.62. The number of aryl methyl sites for hydroxylation is 2. The van der Waals surface area contributed by atoms with Gasteiger partial charge in [-0.25, -0.2) is 4.98 Å². The number of hydrogen-bond acceptors (Lipinski definition) is 4. The first-order valence-electron chi connectivity index (χ1n) is 9.42. The fourth-order valence-corrected chi connectivity index (χ4v) is 4.40. The summed E-state index contributed by atoms with van der Waals surface area (Å²) in [7, 11) is 0. The second-order valence-electron chi connectivity index (χ2n) is 7.17. The third-order valence-corrected chi connectivity index (χ3v) is 6.22. The number of thioether (sulfide) groups is 1. The maximum atomic E-state index is 13.1. The fraction of sp³-hybridized carbons (Fsp3) is 0.364. The average Bonchev–Trinajstić information content (AvgIpc) is 3.18. The largest absolute Gasteiger partial charge is 0.376 e. The lowest BCUT2D eigenvalue weighted by Gasteiger charge is -2.16. The van der Waals surface area contributed by atoms with E-state index in [2.05, 4.69) is 32.0 Å². The third kappa shape index (κ3) is 3.94. The Balaban J connectivity index is 1.68. The Morgan fingerprint density at radius 1 is 1.19 bits per heavy atom. The number of nitrogens with zero attached hydrogens (tertiary/aromatic N) is 2. The second kappa shape index (κ2) is 7.87. The van der Waals surface area contributed by atoms with Crippen LogP contribution in [0.1, 0.15) is 29.5 Å². The molecule has 0 bridgehead atoms. The smallest absolute Gasteiger partial charge is 0.262 e. The molecule has 4 rings (SSSR count). The van der Waals surface area contributed by atoms with Gasteiger partial charge in [-0.1, -0.05) is 42.1 Å². The van der Waals surface area contributed by atoms with Crippen molar-refractivity contribution in [1.29, 1.82) is 0 Å². The molecule has 0 amide bonds. The number of rotatable bonds is 5. The first kappa shape index (κ1) is 18.3. The van der Waals surface area contributed by atoms with Gasteiger partial charge in [0.15, 0.2) is 5.16 Å². The second-order valence-corrected chi connectivity index (χ2v) is 8.11. The molecule has 0 N–H and O–H groups in total. The van der Waals surface area contributed by atoms with Crippen LogP contribution < -0.4 is 5.56 Å². The monoisotopic (exact) mass is 380 g/mol. The van der Waals surface area contributed by atoms with E-state index in [1.54, 1.807) is 11.8 Å². The van der Waals surface area contributed by atoms with Crippen LogP contribution in [0.25, 0.3) is 10.9 Å². The van der Waals surface area contributed by atoms with E-state index < -0.39 is 0 Å². The van der Waals surface area contributed by atoms with Crippen molar-refractivity contribution in [3.05, 3.63) is 69.5 Å². The molecule has 0 saturated carbocycles. The van der Waals surface area contributed by atoms with E-state index in [0.717, 1.165) is 35.9 Å². The Kier molecular flexibility index (Phi) is 5.32. The maximum absolute atomic E-state index is 13.1. The predicted molar refractivity (Wildman–Crippen MR) is 110 cm³/mol. The minimum Gasteiger partial charge on any atom is -0.376 e. The molecule has 1 saturated heterocycles. The van der Waals surface area contributed by atoms with E-state index in [0.29, 0.717) is 11.9 Å². The quantitative estimate of drug-likeness (QED) is 0.483. The zero-order valence-electron chi connectivity index (χ0n) is 15.8. The molecule has 5 heteroatoms. The Morgan fingerprint density at radius 2 is 2.04 bits per heavy atom. The summed E-state index contributed by atoms with van der Waals surface area (Å²) in [6, 6.07) is 14.1. The molecule has 0 spiro atoms. The van der Waals surface area contributed by atoms with Gasteiger partial charge in [0, 0.05) is 12.4 Å². The first-order chi connectivity index (χ1) is 13.1. The average molecular weight is 381 g/mol. The summed E-state index contributed by atoms with van der Waals surface area (Å²) in [6.45, 7) is 5.61. The van der Waals surface area contributed by atoms with Crippen LogP contribution in [0.2, 0.25) is 0 Å². The van der Waals surface area contributed by atoms with Gasteiger partial charge in [0.2, 0.25) is 0 Å². The van der Waals surface area contributed by atoms with Crippen molar-refractivity contribution in [1.82, 2.24) is 9.55 Å². The van der Waals surface area contributed by atoms with Crippen LogP contribution in [0.4, 0.5) is 0 Å². The van der Waals surface area contributed by atoms with Gasteiger partial charge in [-0.15, -0.1) is 0 Å². The fourth-order valence-electron chi connectivity index (χ4n) is 3.45. The van der Waals surface area contributed by atoms with Crippen molar-refractivity contribution in [2.45, 2.75) is 50.2 Å². The van der Waals surface area contributed by atoms with E-state index in [9.17, 15) is 4.79 Å². The Morgan fingerprint density at radius 3 is 2.81 bits per heavy atom. The summed E-state index contributed by atoms with van der Waals surface area (Å²) in [5.41, 5.74) is 4.61. The highest BCUT2D eigenvalue weighted by Crippen LogP contribution is 2.25. The van der Waals surface area contributed by atoms with E-state index >= 15 is 0 Å². The molecule has 1 aliphatic rings. The molecule has 4 nitrogen and oxygen atoms in total. The van der Waals surface area contributed by atoms with E-state index in [1.807, 2.05) is 28.8 Å². The van der Waals surface area contributed by atoms with E-state index in [1.165, 1.54) is 16.7 Å². The molecule has 1 atom stereocenters. The standard InChI is InChI=1S/C22H24N2O2S/c1-15-9-10-17(12-16(15)2)14-27-22-23-20-8-4-3-7-19(20)21(25)24(22)13-18-6-5-11-26-18/h3-4,7-10,12,18H,5-6,11,13-14H2,1-2H3/t18-/m1/s1. The van der Waals surface area contributed by atoms with Crippen molar-refractivity contribution >= 4 is 22.7 Å². The normalized spacial score (nSPS) is 16.9. The van der Waals surface area contributed by atoms with Gasteiger partial charge in [0.05, 0.1) is 23.6 Å². The number of ether oxygens (including phenoxy) is 1. The van der Waals surface area contributed by atoms with Gasteiger partial charge in [0.25, 0.3) is 5.56 Å². The molecular weight excluding hydrogens is 356 g/mol. The van der Waals surface area contributed by atoms with Crippen LogP contribution in [0, 0.1) is 13.8 Å². The summed E-state index contributed by atoms with van der Waals surface area (Å²) in [5.74, 6) is 0.789. The molecule has 1 fully saturated rings. The molecule has 0 aliphatic carbocycles. The lowest BCUT2D eigenvalue weighted by atomic mass is 10.1. The van der Waals surface area contributed by atoms with Crippen molar-refractivity contribution in [3.63, 3.8) is 0 Å². The Hall–Kier alpha value is -2.11. The van der Waals surface area contributed by atoms with E-state index in [4.69, 9.17) is 9.72 Å². The SMILES string of the molecule is Cc1ccc(CSc2nc3ccccc3c(=O)n2C[C@H]2CCCO2)cc1C. The number of hydrogen-bond donors (Lipinski definition) is 0. The highest BCUT2D eigenvalue weighted by Gasteiger charge is 2.20. The molecule has 27 heavy (non-hydrogen) atoms. The highest BCUT2D eigenvalue weighted by molar-refractivity contribution is 7.98. The number of fused-ring (bicyclic) bond motifs is 1. The van der Waals surface area contributed by atoms with Gasteiger partial charge < -0.3 is 4.74 Å². The molecule has 0 radical (unpaired) electrons. The minimum absolute atomic E-state index is 0.0266. The molecule has 140 valence electrons. The molecule has 1 aromatic heterocycles. The number of aromatic nitrogens is 2. The summed E-state index contributed by atoms with van der Waals surface area (Å²) in [5, 5.41) is 1.44. The van der Waals surface area contributed by atoms with Crippen LogP contribution in [0.3, 0.4) is 0 Å². The topological polar surface area (TPSA) is 44.1 Å². The van der Waals surface area contributed by atoms with Gasteiger partial charge in [-0.05, 0) is 55.5 Å². The highest BCUT2D eigenvalue weighted by atomic mass is 32.2. The van der Waals surface area contributed by atoms with Crippen LogP contribution in [-0.4, -0.2) is 22.3 Å². The molecule has 3 aromatic rings. The Labute approximate surface area is 163 Å². The third-order valence-electron chi connectivity index (χ3n) is 5.18. The van der Waals surface area contributed by atoms with Gasteiger partial charge in [-0.3, -0.25) is 9.36 Å². The lowest BCUT2D eigenvalue weighted by Crippen LogP contribution is -2.28. The maximum Gasteiger partial charge on any atom is 0.262 e. The summed E-state index contributed by atoms with van der Waals surface area (Å²) in [6.07, 6.45) is 2.16. The van der Waals surface area contributed by atoms with Gasteiger partial charge in [0.1, 0.15) is 0 Å². The molecule has 1 aliphatic heterocycles. The van der Waals surface area contributed by atoms with Crippen molar-refractivity contribution in [3.8, 4) is 0 Å². The van der Waals surface area contributed by atoms with Crippen LogP contribution in [0.15, 0.2) is 52.4 Å². The Bertz CT molecular complexity index is 1020. The van der Waals surface area contributed by atoms with Crippen molar-refractivity contribution < 1.29 is 4.74 Å².